The molecule has 1 heterocycles. The normalized spacial score (nSPS) is 26.4. The number of carbonyl (C=O) groups excluding carboxylic acids is 3. The Bertz CT molecular complexity index is 377. The molecule has 5 heteroatoms. The van der Waals surface area contributed by atoms with Crippen LogP contribution in [0, 0.1) is 11.8 Å². The van der Waals surface area contributed by atoms with Crippen molar-refractivity contribution in [3.8, 4) is 0 Å². The lowest BCUT2D eigenvalue weighted by Gasteiger charge is -2.14. The average molecular weight is 250 g/mol. The van der Waals surface area contributed by atoms with Crippen molar-refractivity contribution in [3.05, 3.63) is 12.2 Å². The van der Waals surface area contributed by atoms with Crippen molar-refractivity contribution in [3.63, 3.8) is 0 Å². The van der Waals surface area contributed by atoms with Gasteiger partial charge in [0, 0.05) is 20.0 Å². The first-order valence-electron chi connectivity index (χ1n) is 6.36. The first-order chi connectivity index (χ1) is 8.65. The summed E-state index contributed by atoms with van der Waals surface area (Å²) in [5.41, 5.74) is 0. The molecule has 0 aromatic rings. The quantitative estimate of drug-likeness (QED) is 0.582. The smallest absolute Gasteiger partial charge is 0.233 e. The summed E-state index contributed by atoms with van der Waals surface area (Å²) in [6.07, 6.45) is 6.16. The lowest BCUT2D eigenvalue weighted by Crippen LogP contribution is -2.32. The van der Waals surface area contributed by atoms with Crippen LogP contribution < -0.4 is 5.32 Å². The zero-order valence-corrected chi connectivity index (χ0v) is 10.5. The molecule has 0 aromatic carbocycles. The number of imide groups is 1. The minimum absolute atomic E-state index is 0.0619. The Kier molecular flexibility index (Phi) is 3.79. The molecular weight excluding hydrogens is 232 g/mol. The summed E-state index contributed by atoms with van der Waals surface area (Å²) in [4.78, 5) is 36.6. The Balaban J connectivity index is 1.92. The Morgan fingerprint density at radius 3 is 2.33 bits per heavy atom. The van der Waals surface area contributed by atoms with Crippen molar-refractivity contribution in [2.75, 3.05) is 13.6 Å². The fourth-order valence-corrected chi connectivity index (χ4v) is 2.61. The number of allylic oxidation sites excluding steroid dienone is 2. The molecule has 18 heavy (non-hydrogen) atoms. The Labute approximate surface area is 106 Å². The van der Waals surface area contributed by atoms with Gasteiger partial charge in [0.05, 0.1) is 11.8 Å². The highest BCUT2D eigenvalue weighted by Crippen LogP contribution is 2.34. The highest BCUT2D eigenvalue weighted by Gasteiger charge is 2.46. The number of nitrogens with one attached hydrogen (secondary N) is 1. The molecule has 0 bridgehead atoms. The zero-order valence-electron chi connectivity index (χ0n) is 10.5. The van der Waals surface area contributed by atoms with E-state index in [1.54, 1.807) is 7.05 Å². The Hall–Kier alpha value is -1.65. The molecule has 2 aliphatic rings. The largest absolute Gasteiger partial charge is 0.359 e. The number of hydrogen-bond acceptors (Lipinski definition) is 3. The number of carbonyl (C=O) groups is 3. The number of likely N-dealkylation sites (tertiary alicyclic amines) is 1. The predicted octanol–water partition coefficient (Wildman–Crippen LogP) is 0.464. The van der Waals surface area contributed by atoms with Crippen molar-refractivity contribution in [1.29, 1.82) is 0 Å². The van der Waals surface area contributed by atoms with Gasteiger partial charge in [-0.2, -0.15) is 0 Å². The molecule has 1 aliphatic heterocycles. The molecule has 1 N–H and O–H groups in total. The van der Waals surface area contributed by atoms with E-state index in [-0.39, 0.29) is 29.6 Å². The molecule has 0 spiro atoms. The number of amides is 3. The second-order valence-electron chi connectivity index (χ2n) is 4.76. The lowest BCUT2D eigenvalue weighted by atomic mass is 9.85. The molecule has 0 saturated carbocycles. The molecule has 3 amide bonds. The third kappa shape index (κ3) is 2.30. The summed E-state index contributed by atoms with van der Waals surface area (Å²) in [7, 11) is 1.58. The topological polar surface area (TPSA) is 66.5 Å². The van der Waals surface area contributed by atoms with Gasteiger partial charge in [0.1, 0.15) is 0 Å². The number of hydrogen-bond donors (Lipinski definition) is 1. The highest BCUT2D eigenvalue weighted by atomic mass is 16.2. The van der Waals surface area contributed by atoms with Gasteiger partial charge in [-0.3, -0.25) is 19.3 Å². The SMILES string of the molecule is CNC(=O)CCCN1C(=O)[C@@H]2CC=CC[C@H]2C1=O. The number of fused-ring (bicyclic) bond motifs is 1. The van der Waals surface area contributed by atoms with E-state index in [0.717, 1.165) is 0 Å². The molecule has 1 saturated heterocycles. The van der Waals surface area contributed by atoms with E-state index in [1.807, 2.05) is 12.2 Å². The summed E-state index contributed by atoms with van der Waals surface area (Å²) in [6, 6.07) is 0. The molecule has 1 aliphatic carbocycles. The second kappa shape index (κ2) is 5.33. The molecule has 98 valence electrons. The fourth-order valence-electron chi connectivity index (χ4n) is 2.61. The molecule has 1 fully saturated rings. The summed E-state index contributed by atoms with van der Waals surface area (Å²) >= 11 is 0. The minimum Gasteiger partial charge on any atom is -0.359 e. The van der Waals surface area contributed by atoms with Crippen molar-refractivity contribution in [2.24, 2.45) is 11.8 Å². The first kappa shape index (κ1) is 12.8. The van der Waals surface area contributed by atoms with Crippen LogP contribution in [0.2, 0.25) is 0 Å². The Morgan fingerprint density at radius 2 is 1.83 bits per heavy atom. The standard InChI is InChI=1S/C13H18N2O3/c1-14-11(16)7-4-8-15-12(17)9-5-2-3-6-10(9)13(15)18/h2-3,9-10H,4-8H2,1H3,(H,14,16)/t9-,10-/m1/s1. The van der Waals surface area contributed by atoms with Crippen LogP contribution in [0.15, 0.2) is 12.2 Å². The van der Waals surface area contributed by atoms with Gasteiger partial charge >= 0.3 is 0 Å². The van der Waals surface area contributed by atoms with E-state index >= 15 is 0 Å². The number of rotatable bonds is 4. The van der Waals surface area contributed by atoms with Gasteiger partial charge in [-0.15, -0.1) is 0 Å². The van der Waals surface area contributed by atoms with E-state index in [9.17, 15) is 14.4 Å². The Morgan fingerprint density at radius 1 is 1.28 bits per heavy atom. The van der Waals surface area contributed by atoms with E-state index in [2.05, 4.69) is 5.32 Å². The van der Waals surface area contributed by atoms with E-state index in [4.69, 9.17) is 0 Å². The maximum atomic E-state index is 12.1. The molecule has 0 unspecified atom stereocenters. The van der Waals surface area contributed by atoms with Crippen molar-refractivity contribution < 1.29 is 14.4 Å². The van der Waals surface area contributed by atoms with Crippen molar-refractivity contribution >= 4 is 17.7 Å². The van der Waals surface area contributed by atoms with Crippen LogP contribution in [0.4, 0.5) is 0 Å². The third-order valence-corrected chi connectivity index (χ3v) is 3.66. The number of nitrogens with zero attached hydrogens (tertiary/aromatic N) is 1. The van der Waals surface area contributed by atoms with Gasteiger partial charge in [-0.05, 0) is 19.3 Å². The van der Waals surface area contributed by atoms with Crippen LogP contribution >= 0.6 is 0 Å². The van der Waals surface area contributed by atoms with Crippen LogP contribution in [0.3, 0.4) is 0 Å². The second-order valence-corrected chi connectivity index (χ2v) is 4.76. The van der Waals surface area contributed by atoms with Gasteiger partial charge in [-0.1, -0.05) is 12.2 Å². The molecular formula is C13H18N2O3. The maximum absolute atomic E-state index is 12.1. The van der Waals surface area contributed by atoms with Crippen LogP contribution in [0.5, 0.6) is 0 Å². The maximum Gasteiger partial charge on any atom is 0.233 e. The van der Waals surface area contributed by atoms with Gasteiger partial charge in [0.15, 0.2) is 0 Å². The lowest BCUT2D eigenvalue weighted by molar-refractivity contribution is -0.140. The highest BCUT2D eigenvalue weighted by molar-refractivity contribution is 6.05. The zero-order chi connectivity index (χ0) is 13.1. The molecule has 0 radical (unpaired) electrons. The molecule has 2 rings (SSSR count). The summed E-state index contributed by atoms with van der Waals surface area (Å²) in [5, 5.41) is 2.53. The summed E-state index contributed by atoms with van der Waals surface area (Å²) in [6.45, 7) is 0.359. The third-order valence-electron chi connectivity index (χ3n) is 3.66. The average Bonchev–Trinajstić information content (AvgIpc) is 2.64. The van der Waals surface area contributed by atoms with Gasteiger partial charge in [-0.25, -0.2) is 0 Å². The van der Waals surface area contributed by atoms with Crippen LogP contribution in [-0.2, 0) is 14.4 Å². The first-order valence-corrected chi connectivity index (χ1v) is 6.36. The monoisotopic (exact) mass is 250 g/mol. The van der Waals surface area contributed by atoms with E-state index in [0.29, 0.717) is 32.2 Å². The molecule has 0 aromatic heterocycles. The summed E-state index contributed by atoms with van der Waals surface area (Å²) in [5.74, 6) is -0.518. The fraction of sp³-hybridized carbons (Fsp3) is 0.615. The summed E-state index contributed by atoms with van der Waals surface area (Å²) < 4.78 is 0. The van der Waals surface area contributed by atoms with Crippen LogP contribution in [-0.4, -0.2) is 36.2 Å². The van der Waals surface area contributed by atoms with Gasteiger partial charge in [0.25, 0.3) is 0 Å². The van der Waals surface area contributed by atoms with Crippen LogP contribution in [0.25, 0.3) is 0 Å². The molecule has 5 nitrogen and oxygen atoms in total. The van der Waals surface area contributed by atoms with Gasteiger partial charge in [0.2, 0.25) is 17.7 Å². The van der Waals surface area contributed by atoms with Crippen molar-refractivity contribution in [2.45, 2.75) is 25.7 Å². The predicted molar refractivity (Wildman–Crippen MR) is 65.4 cm³/mol. The van der Waals surface area contributed by atoms with E-state index in [1.165, 1.54) is 4.90 Å². The molecule has 2 atom stereocenters. The van der Waals surface area contributed by atoms with Gasteiger partial charge < -0.3 is 5.32 Å². The minimum atomic E-state index is -0.164. The van der Waals surface area contributed by atoms with Crippen molar-refractivity contribution in [1.82, 2.24) is 10.2 Å². The van der Waals surface area contributed by atoms with E-state index < -0.39 is 0 Å². The van der Waals surface area contributed by atoms with Crippen LogP contribution in [0.1, 0.15) is 25.7 Å².